The summed E-state index contributed by atoms with van der Waals surface area (Å²) in [5, 5.41) is 10.6. The van der Waals surface area contributed by atoms with E-state index in [4.69, 9.17) is 4.74 Å². The molecule has 0 saturated carbocycles. The van der Waals surface area contributed by atoms with Crippen LogP contribution in [0.15, 0.2) is 47.1 Å². The van der Waals surface area contributed by atoms with Gasteiger partial charge in [-0.25, -0.2) is 4.79 Å². The molecule has 0 spiro atoms. The summed E-state index contributed by atoms with van der Waals surface area (Å²) in [6.45, 7) is 10.2. The van der Waals surface area contributed by atoms with Gasteiger partial charge in [0.15, 0.2) is 0 Å². The largest absolute Gasteiger partial charge is 0.466 e. The Labute approximate surface area is 146 Å². The molecule has 0 amide bonds. The number of hydrogen-bond acceptors (Lipinski definition) is 3. The summed E-state index contributed by atoms with van der Waals surface area (Å²) in [6.07, 6.45) is 11.2. The van der Waals surface area contributed by atoms with Gasteiger partial charge in [-0.3, -0.25) is 0 Å². The molecule has 2 atom stereocenters. The molecular formula is C21H32O3. The van der Waals surface area contributed by atoms with Gasteiger partial charge >= 0.3 is 5.97 Å². The van der Waals surface area contributed by atoms with Crippen LogP contribution in [0.25, 0.3) is 0 Å². The van der Waals surface area contributed by atoms with Crippen LogP contribution < -0.4 is 0 Å². The highest BCUT2D eigenvalue weighted by Gasteiger charge is 2.25. The molecule has 0 aliphatic heterocycles. The Balaban J connectivity index is 3.02. The maximum Gasteiger partial charge on any atom is 0.333 e. The minimum absolute atomic E-state index is 0.309. The van der Waals surface area contributed by atoms with E-state index in [0.29, 0.717) is 12.0 Å². The molecule has 1 N–H and O–H groups in total. The molecule has 1 rings (SSSR count). The van der Waals surface area contributed by atoms with Gasteiger partial charge in [0, 0.05) is 11.5 Å². The van der Waals surface area contributed by atoms with Crippen molar-refractivity contribution in [2.24, 2.45) is 5.92 Å². The van der Waals surface area contributed by atoms with E-state index >= 15 is 0 Å². The minimum atomic E-state index is -0.711. The van der Waals surface area contributed by atoms with Gasteiger partial charge in [0.25, 0.3) is 0 Å². The van der Waals surface area contributed by atoms with Crippen LogP contribution in [0, 0.1) is 5.92 Å². The van der Waals surface area contributed by atoms with Gasteiger partial charge in [-0.1, -0.05) is 41.5 Å². The second-order valence-electron chi connectivity index (χ2n) is 6.84. The molecule has 0 aromatic rings. The normalized spacial score (nSPS) is 30.6. The van der Waals surface area contributed by atoms with Gasteiger partial charge in [-0.15, -0.1) is 0 Å². The summed E-state index contributed by atoms with van der Waals surface area (Å²) in [6, 6.07) is 0. The van der Waals surface area contributed by atoms with E-state index in [0.717, 1.165) is 37.7 Å². The third kappa shape index (κ3) is 6.88. The van der Waals surface area contributed by atoms with Crippen LogP contribution >= 0.6 is 0 Å². The molecule has 0 aromatic heterocycles. The van der Waals surface area contributed by atoms with Crippen LogP contribution in [0.4, 0.5) is 0 Å². The second-order valence-corrected chi connectivity index (χ2v) is 6.84. The van der Waals surface area contributed by atoms with Gasteiger partial charge in [-0.05, 0) is 59.3 Å². The van der Waals surface area contributed by atoms with Crippen molar-refractivity contribution in [3.05, 3.63) is 47.1 Å². The first-order valence-corrected chi connectivity index (χ1v) is 8.79. The second kappa shape index (κ2) is 10.3. The lowest BCUT2D eigenvalue weighted by Crippen LogP contribution is -2.25. The SMILES string of the molecule is C=C(C(=O)OC)[C@@H]1CC/C(C)=C/CC/C(C)=C/CC/C(C)=C/[C@@H]1O. The zero-order valence-corrected chi connectivity index (χ0v) is 15.6. The summed E-state index contributed by atoms with van der Waals surface area (Å²) in [5.74, 6) is -0.748. The monoisotopic (exact) mass is 332 g/mol. The van der Waals surface area contributed by atoms with Crippen molar-refractivity contribution in [2.45, 2.75) is 65.4 Å². The topological polar surface area (TPSA) is 46.5 Å². The van der Waals surface area contributed by atoms with Crippen molar-refractivity contribution in [1.29, 1.82) is 0 Å². The first-order chi connectivity index (χ1) is 11.3. The number of carbonyl (C=O) groups excluding carboxylic acids is 1. The van der Waals surface area contributed by atoms with E-state index in [1.54, 1.807) is 0 Å². The van der Waals surface area contributed by atoms with Crippen LogP contribution in [0.2, 0.25) is 0 Å². The Hall–Kier alpha value is -1.61. The number of aliphatic hydroxyl groups is 1. The van der Waals surface area contributed by atoms with Crippen molar-refractivity contribution in [3.63, 3.8) is 0 Å². The smallest absolute Gasteiger partial charge is 0.333 e. The van der Waals surface area contributed by atoms with Gasteiger partial charge in [0.05, 0.1) is 13.2 Å². The van der Waals surface area contributed by atoms with Crippen molar-refractivity contribution >= 4 is 5.97 Å². The molecule has 0 saturated heterocycles. The fourth-order valence-corrected chi connectivity index (χ4v) is 3.00. The van der Waals surface area contributed by atoms with Crippen molar-refractivity contribution in [1.82, 2.24) is 0 Å². The number of rotatable bonds is 2. The summed E-state index contributed by atoms with van der Waals surface area (Å²) < 4.78 is 4.80. The standard InChI is InChI=1S/C21H32O3/c1-15-8-6-10-16(2)12-13-19(18(4)21(23)24-5)20(22)14-17(3)11-7-9-15/h9-10,14,19-20,22H,4,6-8,11-13H2,1-3,5H3/b15-9+,16-10+,17-14+/t19-,20-/m0/s1. The van der Waals surface area contributed by atoms with E-state index < -0.39 is 12.1 Å². The number of aliphatic hydroxyl groups excluding tert-OH is 1. The molecule has 3 nitrogen and oxygen atoms in total. The molecule has 0 bridgehead atoms. The molecule has 0 aromatic carbocycles. The Bertz CT molecular complexity index is 537. The van der Waals surface area contributed by atoms with Crippen LogP contribution in [0.5, 0.6) is 0 Å². The lowest BCUT2D eigenvalue weighted by molar-refractivity contribution is -0.137. The van der Waals surface area contributed by atoms with E-state index in [9.17, 15) is 9.90 Å². The van der Waals surface area contributed by atoms with E-state index in [1.807, 2.05) is 13.0 Å². The molecule has 0 heterocycles. The van der Waals surface area contributed by atoms with Crippen LogP contribution in [-0.2, 0) is 9.53 Å². The Morgan fingerprint density at radius 3 is 2.21 bits per heavy atom. The van der Waals surface area contributed by atoms with Gasteiger partial charge in [0.2, 0.25) is 0 Å². The first kappa shape index (κ1) is 20.4. The minimum Gasteiger partial charge on any atom is -0.466 e. The summed E-state index contributed by atoms with van der Waals surface area (Å²) in [7, 11) is 1.35. The highest BCUT2D eigenvalue weighted by atomic mass is 16.5. The summed E-state index contributed by atoms with van der Waals surface area (Å²) >= 11 is 0. The fraction of sp³-hybridized carbons (Fsp3) is 0.571. The number of allylic oxidation sites excluding steroid dienone is 5. The maximum absolute atomic E-state index is 11.9. The van der Waals surface area contributed by atoms with Crippen LogP contribution in [-0.4, -0.2) is 24.3 Å². The third-order valence-electron chi connectivity index (χ3n) is 4.68. The third-order valence-corrected chi connectivity index (χ3v) is 4.68. The fourth-order valence-electron chi connectivity index (χ4n) is 3.00. The average Bonchev–Trinajstić information content (AvgIpc) is 2.53. The quantitative estimate of drug-likeness (QED) is 0.445. The lowest BCUT2D eigenvalue weighted by Gasteiger charge is -2.22. The predicted octanol–water partition coefficient (Wildman–Crippen LogP) is 4.89. The summed E-state index contributed by atoms with van der Waals surface area (Å²) in [5.41, 5.74) is 4.19. The highest BCUT2D eigenvalue weighted by Crippen LogP contribution is 2.26. The molecule has 0 fully saturated rings. The summed E-state index contributed by atoms with van der Waals surface area (Å²) in [4.78, 5) is 11.9. The lowest BCUT2D eigenvalue weighted by atomic mass is 9.86. The molecule has 134 valence electrons. The Morgan fingerprint density at radius 2 is 1.62 bits per heavy atom. The Morgan fingerprint density at radius 1 is 1.08 bits per heavy atom. The first-order valence-electron chi connectivity index (χ1n) is 8.79. The van der Waals surface area contributed by atoms with E-state index in [1.165, 1.54) is 18.3 Å². The number of carbonyl (C=O) groups is 1. The molecular weight excluding hydrogens is 300 g/mol. The van der Waals surface area contributed by atoms with Crippen LogP contribution in [0.1, 0.15) is 59.3 Å². The molecule has 0 radical (unpaired) electrons. The van der Waals surface area contributed by atoms with Gasteiger partial charge < -0.3 is 9.84 Å². The molecule has 24 heavy (non-hydrogen) atoms. The number of methoxy groups -OCH3 is 1. The van der Waals surface area contributed by atoms with Crippen molar-refractivity contribution < 1.29 is 14.6 Å². The van der Waals surface area contributed by atoms with Crippen molar-refractivity contribution in [3.8, 4) is 0 Å². The van der Waals surface area contributed by atoms with Gasteiger partial charge in [-0.2, -0.15) is 0 Å². The van der Waals surface area contributed by atoms with Crippen molar-refractivity contribution in [2.75, 3.05) is 7.11 Å². The molecule has 3 heteroatoms. The van der Waals surface area contributed by atoms with Crippen LogP contribution in [0.3, 0.4) is 0 Å². The maximum atomic E-state index is 11.9. The average molecular weight is 332 g/mol. The van der Waals surface area contributed by atoms with E-state index in [2.05, 4.69) is 32.6 Å². The zero-order valence-electron chi connectivity index (χ0n) is 15.6. The molecule has 1 aliphatic rings. The number of ether oxygens (including phenoxy) is 1. The Kier molecular flexibility index (Phi) is 8.77. The highest BCUT2D eigenvalue weighted by molar-refractivity contribution is 5.88. The predicted molar refractivity (Wildman–Crippen MR) is 99.6 cm³/mol. The molecule has 1 aliphatic carbocycles. The number of hydrogen-bond donors (Lipinski definition) is 1. The van der Waals surface area contributed by atoms with E-state index in [-0.39, 0.29) is 5.92 Å². The molecule has 0 unspecified atom stereocenters. The van der Waals surface area contributed by atoms with Gasteiger partial charge in [0.1, 0.15) is 0 Å². The number of esters is 1. The zero-order chi connectivity index (χ0) is 18.1.